The van der Waals surface area contributed by atoms with Crippen LogP contribution in [0.3, 0.4) is 0 Å². The largest absolute Gasteiger partial charge is 0.396 e. The molecule has 0 heterocycles. The van der Waals surface area contributed by atoms with Crippen molar-refractivity contribution in [2.75, 3.05) is 19.7 Å². The lowest BCUT2D eigenvalue weighted by Crippen LogP contribution is -2.30. The van der Waals surface area contributed by atoms with Gasteiger partial charge in [-0.3, -0.25) is 0 Å². The fraction of sp³-hybridized carbons (Fsp3) is 1.00. The minimum absolute atomic E-state index is 0.309. The maximum Gasteiger partial charge on any atom is 0.0468 e. The first-order valence-electron chi connectivity index (χ1n) is 5.58. The summed E-state index contributed by atoms with van der Waals surface area (Å²) >= 11 is 0. The van der Waals surface area contributed by atoms with Crippen LogP contribution in [-0.4, -0.2) is 24.8 Å². The van der Waals surface area contributed by atoms with Crippen molar-refractivity contribution in [1.82, 2.24) is 5.32 Å². The highest BCUT2D eigenvalue weighted by Crippen LogP contribution is 2.60. The predicted molar refractivity (Wildman–Crippen MR) is 53.5 cm³/mol. The molecule has 0 amide bonds. The summed E-state index contributed by atoms with van der Waals surface area (Å²) in [6.07, 6.45) is 5.82. The van der Waals surface area contributed by atoms with Crippen LogP contribution < -0.4 is 5.32 Å². The second kappa shape index (κ2) is 3.58. The topological polar surface area (TPSA) is 32.3 Å². The van der Waals surface area contributed by atoms with Crippen molar-refractivity contribution in [3.05, 3.63) is 0 Å². The Balaban J connectivity index is 1.62. The Morgan fingerprint density at radius 2 is 2.15 bits per heavy atom. The van der Waals surface area contributed by atoms with Gasteiger partial charge in [0, 0.05) is 13.2 Å². The molecule has 0 spiro atoms. The molecule has 76 valence electrons. The van der Waals surface area contributed by atoms with Gasteiger partial charge in [0.25, 0.3) is 0 Å². The summed E-state index contributed by atoms with van der Waals surface area (Å²) in [5, 5.41) is 12.4. The van der Waals surface area contributed by atoms with Crippen LogP contribution in [-0.2, 0) is 0 Å². The second-order valence-corrected chi connectivity index (χ2v) is 5.06. The molecule has 1 unspecified atom stereocenters. The van der Waals surface area contributed by atoms with Crippen molar-refractivity contribution in [1.29, 1.82) is 0 Å². The lowest BCUT2D eigenvalue weighted by Gasteiger charge is -2.16. The van der Waals surface area contributed by atoms with Gasteiger partial charge < -0.3 is 10.4 Å². The Morgan fingerprint density at radius 3 is 2.62 bits per heavy atom. The number of hydrogen-bond donors (Lipinski definition) is 2. The van der Waals surface area contributed by atoms with Gasteiger partial charge in [-0.2, -0.15) is 0 Å². The summed E-state index contributed by atoms with van der Waals surface area (Å²) in [4.78, 5) is 0. The van der Waals surface area contributed by atoms with E-state index in [4.69, 9.17) is 5.11 Å². The molecule has 13 heavy (non-hydrogen) atoms. The van der Waals surface area contributed by atoms with E-state index in [-0.39, 0.29) is 0 Å². The molecule has 2 rings (SSSR count). The van der Waals surface area contributed by atoms with Gasteiger partial charge in [-0.1, -0.05) is 6.92 Å². The summed E-state index contributed by atoms with van der Waals surface area (Å²) < 4.78 is 0. The van der Waals surface area contributed by atoms with E-state index in [0.29, 0.717) is 17.9 Å². The molecule has 0 aliphatic heterocycles. The zero-order valence-electron chi connectivity index (χ0n) is 8.55. The average molecular weight is 183 g/mol. The SMILES string of the molecule is CC(CO)CNCC1(C2CC2)CC1. The predicted octanol–water partition coefficient (Wildman–Crippen LogP) is 1.39. The molecule has 2 heteroatoms. The molecular weight excluding hydrogens is 162 g/mol. The summed E-state index contributed by atoms with van der Waals surface area (Å²) in [6, 6.07) is 0. The Morgan fingerprint density at radius 1 is 1.46 bits per heavy atom. The molecule has 0 aromatic rings. The Kier molecular flexibility index (Phi) is 2.61. The van der Waals surface area contributed by atoms with Crippen LogP contribution in [0, 0.1) is 17.3 Å². The Labute approximate surface area is 80.7 Å². The molecular formula is C11H21NO. The summed E-state index contributed by atoms with van der Waals surface area (Å²) in [6.45, 7) is 4.57. The van der Waals surface area contributed by atoms with Gasteiger partial charge >= 0.3 is 0 Å². The molecule has 2 aliphatic carbocycles. The summed E-state index contributed by atoms with van der Waals surface area (Å²) in [7, 11) is 0. The van der Waals surface area contributed by atoms with E-state index in [1.807, 2.05) is 0 Å². The smallest absolute Gasteiger partial charge is 0.0468 e. The van der Waals surface area contributed by atoms with E-state index in [1.54, 1.807) is 0 Å². The normalized spacial score (nSPS) is 27.2. The van der Waals surface area contributed by atoms with Gasteiger partial charge in [-0.15, -0.1) is 0 Å². The van der Waals surface area contributed by atoms with Gasteiger partial charge in [0.05, 0.1) is 0 Å². The van der Waals surface area contributed by atoms with Crippen LogP contribution >= 0.6 is 0 Å². The second-order valence-electron chi connectivity index (χ2n) is 5.06. The van der Waals surface area contributed by atoms with Crippen LogP contribution in [0.4, 0.5) is 0 Å². The zero-order valence-corrected chi connectivity index (χ0v) is 8.55. The number of hydrogen-bond acceptors (Lipinski definition) is 2. The Hall–Kier alpha value is -0.0800. The maximum atomic E-state index is 8.86. The third kappa shape index (κ3) is 2.23. The van der Waals surface area contributed by atoms with Crippen molar-refractivity contribution in [2.24, 2.45) is 17.3 Å². The quantitative estimate of drug-likeness (QED) is 0.652. The zero-order chi connectivity index (χ0) is 9.31. The van der Waals surface area contributed by atoms with Crippen molar-refractivity contribution in [3.63, 3.8) is 0 Å². The van der Waals surface area contributed by atoms with Crippen molar-refractivity contribution in [2.45, 2.75) is 32.6 Å². The summed E-state index contributed by atoms with van der Waals surface area (Å²) in [5.41, 5.74) is 0.704. The standard InChI is InChI=1S/C11H21NO/c1-9(7-13)6-12-8-11(4-5-11)10-2-3-10/h9-10,12-13H,2-8H2,1H3. The fourth-order valence-corrected chi connectivity index (χ4v) is 2.22. The highest BCUT2D eigenvalue weighted by molar-refractivity contribution is 5.04. The van der Waals surface area contributed by atoms with Gasteiger partial charge in [-0.05, 0) is 49.5 Å². The molecule has 0 radical (unpaired) electrons. The molecule has 0 aromatic carbocycles. The van der Waals surface area contributed by atoms with Crippen molar-refractivity contribution >= 4 is 0 Å². The molecule has 1 atom stereocenters. The van der Waals surface area contributed by atoms with Crippen LogP contribution in [0.1, 0.15) is 32.6 Å². The van der Waals surface area contributed by atoms with Gasteiger partial charge in [0.15, 0.2) is 0 Å². The minimum Gasteiger partial charge on any atom is -0.396 e. The first kappa shape index (κ1) is 9.47. The van der Waals surface area contributed by atoms with Crippen LogP contribution in [0.2, 0.25) is 0 Å². The molecule has 0 aromatic heterocycles. The van der Waals surface area contributed by atoms with Crippen LogP contribution in [0.25, 0.3) is 0 Å². The first-order valence-corrected chi connectivity index (χ1v) is 5.58. The summed E-state index contributed by atoms with van der Waals surface area (Å²) in [5.74, 6) is 1.46. The molecule has 0 saturated heterocycles. The number of nitrogens with one attached hydrogen (secondary N) is 1. The molecule has 2 saturated carbocycles. The monoisotopic (exact) mass is 183 g/mol. The van der Waals surface area contributed by atoms with E-state index < -0.39 is 0 Å². The fourth-order valence-electron chi connectivity index (χ4n) is 2.22. The lowest BCUT2D eigenvalue weighted by atomic mass is 10.0. The van der Waals surface area contributed by atoms with E-state index in [0.717, 1.165) is 12.5 Å². The van der Waals surface area contributed by atoms with Crippen LogP contribution in [0.15, 0.2) is 0 Å². The number of rotatable bonds is 6. The van der Waals surface area contributed by atoms with Crippen molar-refractivity contribution < 1.29 is 5.11 Å². The third-order valence-electron chi connectivity index (χ3n) is 3.62. The highest BCUT2D eigenvalue weighted by Gasteiger charge is 2.53. The van der Waals surface area contributed by atoms with E-state index >= 15 is 0 Å². The van der Waals surface area contributed by atoms with Gasteiger partial charge in [0.1, 0.15) is 0 Å². The number of aliphatic hydroxyl groups is 1. The molecule has 2 N–H and O–H groups in total. The van der Waals surface area contributed by atoms with Gasteiger partial charge in [0.2, 0.25) is 0 Å². The molecule has 2 aliphatic rings. The first-order chi connectivity index (χ1) is 6.27. The molecule has 2 nitrogen and oxygen atoms in total. The highest BCUT2D eigenvalue weighted by atomic mass is 16.3. The van der Waals surface area contributed by atoms with E-state index in [1.165, 1.54) is 32.2 Å². The molecule has 2 fully saturated rings. The van der Waals surface area contributed by atoms with E-state index in [9.17, 15) is 0 Å². The van der Waals surface area contributed by atoms with E-state index in [2.05, 4.69) is 12.2 Å². The molecule has 0 bridgehead atoms. The van der Waals surface area contributed by atoms with Crippen LogP contribution in [0.5, 0.6) is 0 Å². The number of aliphatic hydroxyl groups excluding tert-OH is 1. The maximum absolute atomic E-state index is 8.86. The lowest BCUT2D eigenvalue weighted by molar-refractivity contribution is 0.230. The minimum atomic E-state index is 0.309. The van der Waals surface area contributed by atoms with Gasteiger partial charge in [-0.25, -0.2) is 0 Å². The Bertz CT molecular complexity index is 173. The average Bonchev–Trinajstić information content (AvgIpc) is 2.96. The van der Waals surface area contributed by atoms with Crippen molar-refractivity contribution in [3.8, 4) is 0 Å². The third-order valence-corrected chi connectivity index (χ3v) is 3.62.